The highest BCUT2D eigenvalue weighted by Crippen LogP contribution is 2.44. The number of hydrogen-bond donors (Lipinski definition) is 3. The number of carboxylic acid groups (broad SMARTS) is 1. The van der Waals surface area contributed by atoms with Gasteiger partial charge in [-0.2, -0.15) is 0 Å². The van der Waals surface area contributed by atoms with Gasteiger partial charge in [-0.25, -0.2) is 9.78 Å². The molecular weight excluding hydrogens is 454 g/mol. The Morgan fingerprint density at radius 1 is 1.00 bits per heavy atom. The number of amides is 2. The number of carboxylic acids is 1. The maximum absolute atomic E-state index is 12.2. The van der Waals surface area contributed by atoms with E-state index in [2.05, 4.69) is 39.9 Å². The minimum Gasteiger partial charge on any atom is -0.481 e. The van der Waals surface area contributed by atoms with Crippen LogP contribution in [-0.2, 0) is 27.3 Å². The molecule has 1 heterocycles. The van der Waals surface area contributed by atoms with E-state index in [0.717, 1.165) is 11.1 Å². The van der Waals surface area contributed by atoms with Crippen molar-refractivity contribution in [2.45, 2.75) is 31.7 Å². The van der Waals surface area contributed by atoms with Crippen LogP contribution >= 0.6 is 11.3 Å². The fraction of sp³-hybridized carbons (Fsp3) is 0.280. The maximum Gasteiger partial charge on any atom is 0.407 e. The first-order valence-electron chi connectivity index (χ1n) is 11.0. The third kappa shape index (κ3) is 5.79. The van der Waals surface area contributed by atoms with Gasteiger partial charge >= 0.3 is 12.1 Å². The number of aliphatic carboxylic acids is 1. The lowest BCUT2D eigenvalue weighted by Crippen LogP contribution is -2.28. The summed E-state index contributed by atoms with van der Waals surface area (Å²) in [6.07, 6.45) is 0.0808. The summed E-state index contributed by atoms with van der Waals surface area (Å²) in [7, 11) is 0. The van der Waals surface area contributed by atoms with Crippen LogP contribution in [-0.4, -0.2) is 41.2 Å². The highest BCUT2D eigenvalue weighted by Gasteiger charge is 2.28. The van der Waals surface area contributed by atoms with Crippen LogP contribution in [0.15, 0.2) is 53.9 Å². The summed E-state index contributed by atoms with van der Waals surface area (Å²) >= 11 is 1.31. The second kappa shape index (κ2) is 10.9. The standard InChI is InChI=1S/C25H25N3O5S/c29-22(27-13-23-28-16(15-34-23)12-24(30)31)10-5-11-26-25(32)33-14-21-19-8-3-1-6-17(19)18-7-2-4-9-20(18)21/h1-4,6-9,15,21H,5,10-14H2,(H,26,32)(H,27,29)(H,30,31). The Hall–Kier alpha value is -3.72. The lowest BCUT2D eigenvalue weighted by molar-refractivity contribution is -0.136. The third-order valence-corrected chi connectivity index (χ3v) is 6.46. The molecule has 0 bridgehead atoms. The van der Waals surface area contributed by atoms with Gasteiger partial charge in [0.15, 0.2) is 0 Å². The first-order chi connectivity index (χ1) is 16.5. The van der Waals surface area contributed by atoms with Gasteiger partial charge < -0.3 is 20.5 Å². The van der Waals surface area contributed by atoms with Crippen LogP contribution in [0.25, 0.3) is 11.1 Å². The monoisotopic (exact) mass is 479 g/mol. The van der Waals surface area contributed by atoms with Gasteiger partial charge in [0, 0.05) is 24.3 Å². The minimum absolute atomic E-state index is 0.00537. The van der Waals surface area contributed by atoms with Crippen molar-refractivity contribution in [2.75, 3.05) is 13.2 Å². The number of thiazole rings is 1. The lowest BCUT2D eigenvalue weighted by atomic mass is 9.98. The zero-order valence-electron chi connectivity index (χ0n) is 18.5. The zero-order valence-corrected chi connectivity index (χ0v) is 19.3. The number of hydrogen-bond acceptors (Lipinski definition) is 6. The van der Waals surface area contributed by atoms with Crippen molar-refractivity contribution in [3.05, 3.63) is 75.7 Å². The molecule has 0 radical (unpaired) electrons. The van der Waals surface area contributed by atoms with Crippen LogP contribution in [0.5, 0.6) is 0 Å². The number of carbonyl (C=O) groups is 3. The number of alkyl carbamates (subject to hydrolysis) is 1. The second-order valence-corrected chi connectivity index (χ2v) is 8.88. The Labute approximate surface area is 201 Å². The van der Waals surface area contributed by atoms with Gasteiger partial charge in [0.1, 0.15) is 11.6 Å². The number of aromatic nitrogens is 1. The molecule has 1 aliphatic rings. The van der Waals surface area contributed by atoms with Crippen LogP contribution < -0.4 is 10.6 Å². The smallest absolute Gasteiger partial charge is 0.407 e. The average Bonchev–Trinajstić information content (AvgIpc) is 3.41. The molecule has 3 N–H and O–H groups in total. The normalized spacial score (nSPS) is 12.0. The third-order valence-electron chi connectivity index (χ3n) is 5.56. The van der Waals surface area contributed by atoms with Crippen molar-refractivity contribution in [1.82, 2.24) is 15.6 Å². The molecule has 0 fully saturated rings. The topological polar surface area (TPSA) is 118 Å². The van der Waals surface area contributed by atoms with Gasteiger partial charge in [-0.05, 0) is 28.7 Å². The quantitative estimate of drug-likeness (QED) is 0.382. The van der Waals surface area contributed by atoms with Crippen molar-refractivity contribution in [3.63, 3.8) is 0 Å². The zero-order chi connectivity index (χ0) is 23.9. The molecule has 4 rings (SSSR count). The Morgan fingerprint density at radius 2 is 1.68 bits per heavy atom. The van der Waals surface area contributed by atoms with E-state index in [9.17, 15) is 14.4 Å². The Kier molecular flexibility index (Phi) is 7.54. The molecular formula is C25H25N3O5S. The number of rotatable bonds is 10. The molecule has 0 saturated heterocycles. The Morgan fingerprint density at radius 3 is 2.35 bits per heavy atom. The predicted molar refractivity (Wildman–Crippen MR) is 128 cm³/mol. The summed E-state index contributed by atoms with van der Waals surface area (Å²) in [5, 5.41) is 16.6. The number of ether oxygens (including phenoxy) is 1. The first-order valence-corrected chi connectivity index (χ1v) is 11.9. The number of fused-ring (bicyclic) bond motifs is 3. The van der Waals surface area contributed by atoms with Crippen LogP contribution in [0.1, 0.15) is 40.6 Å². The molecule has 3 aromatic rings. The lowest BCUT2D eigenvalue weighted by Gasteiger charge is -2.14. The summed E-state index contributed by atoms with van der Waals surface area (Å²) in [5.74, 6) is -1.10. The van der Waals surface area contributed by atoms with E-state index in [1.54, 1.807) is 5.38 Å². The fourth-order valence-corrected chi connectivity index (χ4v) is 4.75. The average molecular weight is 480 g/mol. The van der Waals surface area contributed by atoms with E-state index in [0.29, 0.717) is 23.7 Å². The summed E-state index contributed by atoms with van der Waals surface area (Å²) in [4.78, 5) is 39.1. The molecule has 0 saturated carbocycles. The van der Waals surface area contributed by atoms with Gasteiger partial charge in [-0.3, -0.25) is 9.59 Å². The largest absolute Gasteiger partial charge is 0.481 e. The van der Waals surface area contributed by atoms with Crippen molar-refractivity contribution < 1.29 is 24.2 Å². The molecule has 2 aromatic carbocycles. The minimum atomic E-state index is -0.940. The number of nitrogens with one attached hydrogen (secondary N) is 2. The highest BCUT2D eigenvalue weighted by atomic mass is 32.1. The van der Waals surface area contributed by atoms with Gasteiger partial charge in [0.2, 0.25) is 5.91 Å². The van der Waals surface area contributed by atoms with Crippen LogP contribution in [0, 0.1) is 0 Å². The van der Waals surface area contributed by atoms with E-state index in [1.807, 2.05) is 24.3 Å². The molecule has 0 unspecified atom stereocenters. The number of nitrogens with zero attached hydrogens (tertiary/aromatic N) is 1. The first kappa shape index (κ1) is 23.4. The summed E-state index contributed by atoms with van der Waals surface area (Å²) in [6.45, 7) is 0.824. The van der Waals surface area contributed by atoms with Crippen LogP contribution in [0.2, 0.25) is 0 Å². The molecule has 0 spiro atoms. The summed E-state index contributed by atoms with van der Waals surface area (Å²) < 4.78 is 5.48. The van der Waals surface area contributed by atoms with Gasteiger partial charge in [-0.15, -0.1) is 11.3 Å². The maximum atomic E-state index is 12.2. The van der Waals surface area contributed by atoms with E-state index >= 15 is 0 Å². The summed E-state index contributed by atoms with van der Waals surface area (Å²) in [5.41, 5.74) is 5.14. The van der Waals surface area contributed by atoms with Gasteiger partial charge in [0.05, 0.1) is 18.7 Å². The molecule has 34 heavy (non-hydrogen) atoms. The molecule has 176 valence electrons. The van der Waals surface area contributed by atoms with E-state index in [1.165, 1.54) is 22.5 Å². The highest BCUT2D eigenvalue weighted by molar-refractivity contribution is 7.09. The molecule has 9 heteroatoms. The molecule has 1 aliphatic carbocycles. The van der Waals surface area contributed by atoms with E-state index < -0.39 is 12.1 Å². The fourth-order valence-electron chi connectivity index (χ4n) is 4.02. The second-order valence-electron chi connectivity index (χ2n) is 7.94. The molecule has 0 aliphatic heterocycles. The molecule has 1 aromatic heterocycles. The van der Waals surface area contributed by atoms with Crippen molar-refractivity contribution >= 4 is 29.3 Å². The van der Waals surface area contributed by atoms with Gasteiger partial charge in [-0.1, -0.05) is 48.5 Å². The predicted octanol–water partition coefficient (Wildman–Crippen LogP) is 3.71. The SMILES string of the molecule is O=C(O)Cc1csc(CNC(=O)CCCNC(=O)OCC2c3ccccc3-c3ccccc32)n1. The van der Waals surface area contributed by atoms with Crippen molar-refractivity contribution in [2.24, 2.45) is 0 Å². The summed E-state index contributed by atoms with van der Waals surface area (Å²) in [6, 6.07) is 16.3. The molecule has 2 amide bonds. The van der Waals surface area contributed by atoms with E-state index in [4.69, 9.17) is 9.84 Å². The van der Waals surface area contributed by atoms with Crippen molar-refractivity contribution in [1.29, 1.82) is 0 Å². The van der Waals surface area contributed by atoms with E-state index in [-0.39, 0.29) is 37.8 Å². The molecule has 0 atom stereocenters. The van der Waals surface area contributed by atoms with Crippen LogP contribution in [0.4, 0.5) is 4.79 Å². The van der Waals surface area contributed by atoms with Crippen molar-refractivity contribution in [3.8, 4) is 11.1 Å². The number of carbonyl (C=O) groups excluding carboxylic acids is 2. The number of benzene rings is 2. The Bertz CT molecular complexity index is 1150. The van der Waals surface area contributed by atoms with Gasteiger partial charge in [0.25, 0.3) is 0 Å². The van der Waals surface area contributed by atoms with Crippen LogP contribution in [0.3, 0.4) is 0 Å². The molecule has 8 nitrogen and oxygen atoms in total. The Balaban J connectivity index is 1.15.